The molecule has 3 nitrogen and oxygen atoms in total. The molecule has 1 N–H and O–H groups in total. The Morgan fingerprint density at radius 3 is 2.60 bits per heavy atom. The van der Waals surface area contributed by atoms with Crippen LogP contribution < -0.4 is 5.32 Å². The molecule has 0 aliphatic heterocycles. The van der Waals surface area contributed by atoms with Crippen LogP contribution in [-0.2, 0) is 15.9 Å². The first-order valence-corrected chi connectivity index (χ1v) is 7.68. The second kappa shape index (κ2) is 11.9. The molecule has 3 heteroatoms. The van der Waals surface area contributed by atoms with E-state index in [1.54, 1.807) is 7.11 Å². The van der Waals surface area contributed by atoms with Crippen LogP contribution in [0.4, 0.5) is 0 Å². The SMILES string of the molecule is CCNCC(CCCOCCOC)Cc1ccccc1. The Morgan fingerprint density at radius 2 is 1.90 bits per heavy atom. The summed E-state index contributed by atoms with van der Waals surface area (Å²) in [4.78, 5) is 0. The predicted molar refractivity (Wildman–Crippen MR) is 84.1 cm³/mol. The van der Waals surface area contributed by atoms with Crippen molar-refractivity contribution in [2.24, 2.45) is 5.92 Å². The molecular formula is C17H29NO2. The van der Waals surface area contributed by atoms with Crippen molar-refractivity contribution in [2.45, 2.75) is 26.2 Å². The summed E-state index contributed by atoms with van der Waals surface area (Å²) >= 11 is 0. The third-order valence-electron chi connectivity index (χ3n) is 3.38. The quantitative estimate of drug-likeness (QED) is 0.597. The molecule has 0 saturated carbocycles. The molecule has 1 aromatic carbocycles. The summed E-state index contributed by atoms with van der Waals surface area (Å²) < 4.78 is 10.5. The van der Waals surface area contributed by atoms with Gasteiger partial charge < -0.3 is 14.8 Å². The zero-order chi connectivity index (χ0) is 14.5. The van der Waals surface area contributed by atoms with Gasteiger partial charge in [0.15, 0.2) is 0 Å². The lowest BCUT2D eigenvalue weighted by Gasteiger charge is -2.17. The lowest BCUT2D eigenvalue weighted by molar-refractivity contribution is 0.0672. The largest absolute Gasteiger partial charge is 0.382 e. The highest BCUT2D eigenvalue weighted by atomic mass is 16.5. The standard InChI is InChI=1S/C17H29NO2/c1-3-18-15-17(10-7-11-20-13-12-19-2)14-16-8-5-4-6-9-16/h4-6,8-9,17-18H,3,7,10-15H2,1-2H3. The Kier molecular flexibility index (Phi) is 10.2. The Hall–Kier alpha value is -0.900. The zero-order valence-corrected chi connectivity index (χ0v) is 12.9. The zero-order valence-electron chi connectivity index (χ0n) is 12.9. The van der Waals surface area contributed by atoms with E-state index < -0.39 is 0 Å². The van der Waals surface area contributed by atoms with E-state index in [1.165, 1.54) is 12.0 Å². The van der Waals surface area contributed by atoms with E-state index in [1.807, 2.05) is 0 Å². The topological polar surface area (TPSA) is 30.5 Å². The first kappa shape index (κ1) is 17.2. The van der Waals surface area contributed by atoms with E-state index >= 15 is 0 Å². The number of benzene rings is 1. The molecule has 1 unspecified atom stereocenters. The van der Waals surface area contributed by atoms with Crippen LogP contribution in [0, 0.1) is 5.92 Å². The average molecular weight is 279 g/mol. The van der Waals surface area contributed by atoms with Gasteiger partial charge in [0.25, 0.3) is 0 Å². The summed E-state index contributed by atoms with van der Waals surface area (Å²) in [6.07, 6.45) is 3.47. The molecule has 1 atom stereocenters. The van der Waals surface area contributed by atoms with E-state index in [4.69, 9.17) is 9.47 Å². The molecule has 1 rings (SSSR count). The monoisotopic (exact) mass is 279 g/mol. The first-order valence-electron chi connectivity index (χ1n) is 7.68. The van der Waals surface area contributed by atoms with E-state index in [2.05, 4.69) is 42.6 Å². The minimum atomic E-state index is 0.684. The van der Waals surface area contributed by atoms with Crippen molar-refractivity contribution in [3.8, 4) is 0 Å². The highest BCUT2D eigenvalue weighted by Crippen LogP contribution is 2.13. The van der Waals surface area contributed by atoms with Crippen molar-refractivity contribution in [1.82, 2.24) is 5.32 Å². The van der Waals surface area contributed by atoms with Gasteiger partial charge in [0.05, 0.1) is 13.2 Å². The molecule has 20 heavy (non-hydrogen) atoms. The third kappa shape index (κ3) is 8.31. The highest BCUT2D eigenvalue weighted by Gasteiger charge is 2.09. The molecule has 0 aliphatic carbocycles. The van der Waals surface area contributed by atoms with Gasteiger partial charge in [-0.1, -0.05) is 37.3 Å². The smallest absolute Gasteiger partial charge is 0.0700 e. The van der Waals surface area contributed by atoms with Crippen LogP contribution in [0.5, 0.6) is 0 Å². The maximum atomic E-state index is 5.53. The van der Waals surface area contributed by atoms with E-state index in [9.17, 15) is 0 Å². The number of methoxy groups -OCH3 is 1. The minimum absolute atomic E-state index is 0.684. The second-order valence-electron chi connectivity index (χ2n) is 5.11. The fourth-order valence-electron chi connectivity index (χ4n) is 2.29. The molecule has 0 amide bonds. The van der Waals surface area contributed by atoms with Crippen LogP contribution in [0.2, 0.25) is 0 Å². The van der Waals surface area contributed by atoms with Crippen molar-refractivity contribution < 1.29 is 9.47 Å². The summed E-state index contributed by atoms with van der Waals surface area (Å²) in [6.45, 7) is 6.51. The minimum Gasteiger partial charge on any atom is -0.382 e. The van der Waals surface area contributed by atoms with Crippen LogP contribution in [0.15, 0.2) is 30.3 Å². The van der Waals surface area contributed by atoms with Crippen molar-refractivity contribution in [3.05, 3.63) is 35.9 Å². The normalized spacial score (nSPS) is 12.5. The third-order valence-corrected chi connectivity index (χ3v) is 3.38. The van der Waals surface area contributed by atoms with Gasteiger partial charge in [0, 0.05) is 13.7 Å². The van der Waals surface area contributed by atoms with E-state index in [0.717, 1.165) is 32.5 Å². The molecule has 114 valence electrons. The van der Waals surface area contributed by atoms with Gasteiger partial charge >= 0.3 is 0 Å². The van der Waals surface area contributed by atoms with Crippen LogP contribution in [0.1, 0.15) is 25.3 Å². The summed E-state index contributed by atoms with van der Waals surface area (Å²) in [5, 5.41) is 3.47. The summed E-state index contributed by atoms with van der Waals surface area (Å²) in [7, 11) is 1.70. The number of rotatable bonds is 12. The molecule has 0 spiro atoms. The van der Waals surface area contributed by atoms with E-state index in [-0.39, 0.29) is 0 Å². The molecule has 0 aliphatic rings. The molecule has 0 saturated heterocycles. The lowest BCUT2D eigenvalue weighted by Crippen LogP contribution is -2.24. The first-order chi connectivity index (χ1) is 9.86. The molecule has 0 radical (unpaired) electrons. The molecule has 0 aromatic heterocycles. The Bertz CT molecular complexity index is 316. The van der Waals surface area contributed by atoms with Crippen LogP contribution in [0.3, 0.4) is 0 Å². The number of nitrogens with one attached hydrogen (secondary N) is 1. The summed E-state index contributed by atoms with van der Waals surface area (Å²) in [5.41, 5.74) is 1.43. The van der Waals surface area contributed by atoms with Gasteiger partial charge in [0.2, 0.25) is 0 Å². The maximum Gasteiger partial charge on any atom is 0.0700 e. The maximum absolute atomic E-state index is 5.53. The number of ether oxygens (including phenoxy) is 2. The van der Waals surface area contributed by atoms with Crippen molar-refractivity contribution in [1.29, 1.82) is 0 Å². The number of hydrogen-bond donors (Lipinski definition) is 1. The molecule has 0 heterocycles. The highest BCUT2D eigenvalue weighted by molar-refractivity contribution is 5.15. The van der Waals surface area contributed by atoms with E-state index in [0.29, 0.717) is 19.1 Å². The molecule has 0 fully saturated rings. The van der Waals surface area contributed by atoms with Crippen molar-refractivity contribution >= 4 is 0 Å². The van der Waals surface area contributed by atoms with Crippen LogP contribution in [-0.4, -0.2) is 40.0 Å². The average Bonchev–Trinajstić information content (AvgIpc) is 2.49. The van der Waals surface area contributed by atoms with Crippen molar-refractivity contribution in [2.75, 3.05) is 40.0 Å². The summed E-state index contributed by atoms with van der Waals surface area (Å²) in [5.74, 6) is 0.684. The number of hydrogen-bond acceptors (Lipinski definition) is 3. The molecule has 0 bridgehead atoms. The van der Waals surface area contributed by atoms with Gasteiger partial charge in [-0.25, -0.2) is 0 Å². The van der Waals surface area contributed by atoms with Gasteiger partial charge in [0.1, 0.15) is 0 Å². The van der Waals surface area contributed by atoms with Gasteiger partial charge in [-0.15, -0.1) is 0 Å². The second-order valence-corrected chi connectivity index (χ2v) is 5.11. The van der Waals surface area contributed by atoms with Gasteiger partial charge in [-0.2, -0.15) is 0 Å². The Morgan fingerprint density at radius 1 is 1.10 bits per heavy atom. The Labute approximate surface area is 123 Å². The van der Waals surface area contributed by atoms with Crippen LogP contribution in [0.25, 0.3) is 0 Å². The fraction of sp³-hybridized carbons (Fsp3) is 0.647. The van der Waals surface area contributed by atoms with Gasteiger partial charge in [-0.3, -0.25) is 0 Å². The predicted octanol–water partition coefficient (Wildman–Crippen LogP) is 2.90. The van der Waals surface area contributed by atoms with Crippen molar-refractivity contribution in [3.63, 3.8) is 0 Å². The molecule has 1 aromatic rings. The Balaban J connectivity index is 2.25. The molecular weight excluding hydrogens is 250 g/mol. The van der Waals surface area contributed by atoms with Gasteiger partial charge in [-0.05, 0) is 43.8 Å². The van der Waals surface area contributed by atoms with Crippen LogP contribution >= 0.6 is 0 Å². The fourth-order valence-corrected chi connectivity index (χ4v) is 2.29. The summed E-state index contributed by atoms with van der Waals surface area (Å²) in [6, 6.07) is 10.7. The lowest BCUT2D eigenvalue weighted by atomic mass is 9.95.